The second-order valence-corrected chi connectivity index (χ2v) is 6.47. The smallest absolute Gasteiger partial charge is 0.508 e. The Balaban J connectivity index is 1.71. The van der Waals surface area contributed by atoms with Gasteiger partial charge in [0.2, 0.25) is 0 Å². The van der Waals surface area contributed by atoms with Gasteiger partial charge in [-0.1, -0.05) is 12.1 Å². The molecule has 1 saturated heterocycles. The largest absolute Gasteiger partial charge is 0.525 e. The summed E-state index contributed by atoms with van der Waals surface area (Å²) in [6.07, 6.45) is 3.58. The number of nitrogens with two attached hydrogens (primary N) is 1. The average Bonchev–Trinajstić information content (AvgIpc) is 3.04. The van der Waals surface area contributed by atoms with Crippen LogP contribution in [0.2, 0.25) is 0 Å². The first kappa shape index (κ1) is 17.1. The Kier molecular flexibility index (Phi) is 4.28. The van der Waals surface area contributed by atoms with Crippen LogP contribution in [-0.4, -0.2) is 49.1 Å². The Morgan fingerprint density at radius 1 is 1.19 bits per heavy atom. The van der Waals surface area contributed by atoms with Gasteiger partial charge in [-0.15, -0.1) is 5.06 Å². The van der Waals surface area contributed by atoms with Crippen molar-refractivity contribution >= 4 is 23.0 Å². The Morgan fingerprint density at radius 3 is 2.56 bits per heavy atom. The lowest BCUT2D eigenvalue weighted by atomic mass is 10.1. The summed E-state index contributed by atoms with van der Waals surface area (Å²) in [7, 11) is 0. The zero-order chi connectivity index (χ0) is 19.0. The van der Waals surface area contributed by atoms with Crippen LogP contribution in [0.4, 0.5) is 10.6 Å². The van der Waals surface area contributed by atoms with Crippen molar-refractivity contribution in [1.29, 1.82) is 0 Å². The monoisotopic (exact) mass is 369 g/mol. The van der Waals surface area contributed by atoms with E-state index in [0.717, 1.165) is 35.0 Å². The Labute approximate surface area is 154 Å². The molecule has 3 aromatic rings. The van der Waals surface area contributed by atoms with Crippen LogP contribution in [0, 0.1) is 0 Å². The maximum absolute atomic E-state index is 10.7. The molecule has 3 heterocycles. The molecule has 1 aromatic carbocycles. The second kappa shape index (κ2) is 6.76. The lowest BCUT2D eigenvalue weighted by molar-refractivity contribution is -0.134. The highest BCUT2D eigenvalue weighted by molar-refractivity contribution is 6.00. The summed E-state index contributed by atoms with van der Waals surface area (Å²) in [5.41, 5.74) is 8.68. The van der Waals surface area contributed by atoms with E-state index in [0.29, 0.717) is 18.9 Å². The van der Waals surface area contributed by atoms with Crippen molar-refractivity contribution in [2.75, 3.05) is 18.8 Å². The van der Waals surface area contributed by atoms with Gasteiger partial charge in [-0.25, -0.2) is 14.8 Å². The van der Waals surface area contributed by atoms with E-state index in [1.807, 2.05) is 18.3 Å². The highest BCUT2D eigenvalue weighted by atomic mass is 16.8. The molecule has 140 valence electrons. The third-order valence-corrected chi connectivity index (χ3v) is 4.84. The number of benzene rings is 1. The van der Waals surface area contributed by atoms with Gasteiger partial charge in [-0.05, 0) is 30.5 Å². The van der Waals surface area contributed by atoms with E-state index in [1.165, 1.54) is 11.4 Å². The number of aromatic nitrogens is 3. The highest BCUT2D eigenvalue weighted by Gasteiger charge is 2.26. The third-order valence-electron chi connectivity index (χ3n) is 4.84. The summed E-state index contributed by atoms with van der Waals surface area (Å²) < 4.78 is 2.08. The zero-order valence-corrected chi connectivity index (χ0v) is 14.4. The maximum atomic E-state index is 10.7. The molecule has 0 unspecified atom stereocenters. The Morgan fingerprint density at radius 2 is 1.89 bits per heavy atom. The number of carboxylic acid groups (broad SMARTS) is 1. The standard InChI is InChI=1S/C18H19N5O4/c19-16-15-14(11-1-3-13(24)4-2-11)9-23(17(15)21-10-20-16)12-5-7-22(8-6-12)27-18(25)26/h1-4,9-10,12,24H,5-8H2,(H,25,26)(H2,19,20,21). The Hall–Kier alpha value is -3.33. The van der Waals surface area contributed by atoms with Crippen molar-refractivity contribution in [3.8, 4) is 16.9 Å². The van der Waals surface area contributed by atoms with Crippen LogP contribution in [0.25, 0.3) is 22.2 Å². The van der Waals surface area contributed by atoms with E-state index in [9.17, 15) is 9.90 Å². The van der Waals surface area contributed by atoms with Crippen molar-refractivity contribution < 1.29 is 19.8 Å². The van der Waals surface area contributed by atoms with Gasteiger partial charge in [0.1, 0.15) is 23.5 Å². The molecule has 0 amide bonds. The first-order chi connectivity index (χ1) is 13.0. The van der Waals surface area contributed by atoms with Crippen molar-refractivity contribution in [3.05, 3.63) is 36.8 Å². The van der Waals surface area contributed by atoms with Crippen LogP contribution in [-0.2, 0) is 4.84 Å². The fraction of sp³-hybridized carbons (Fsp3) is 0.278. The molecule has 0 spiro atoms. The van der Waals surface area contributed by atoms with Gasteiger partial charge in [-0.2, -0.15) is 0 Å². The number of nitrogens with zero attached hydrogens (tertiary/aromatic N) is 4. The lowest BCUT2D eigenvalue weighted by Crippen LogP contribution is -2.36. The van der Waals surface area contributed by atoms with Crippen molar-refractivity contribution in [2.45, 2.75) is 18.9 Å². The molecule has 1 aliphatic heterocycles. The number of aromatic hydroxyl groups is 1. The van der Waals surface area contributed by atoms with Crippen molar-refractivity contribution in [2.24, 2.45) is 0 Å². The van der Waals surface area contributed by atoms with Gasteiger partial charge in [-0.3, -0.25) is 0 Å². The normalized spacial score (nSPS) is 15.9. The quantitative estimate of drug-likeness (QED) is 0.643. The van der Waals surface area contributed by atoms with Crippen LogP contribution in [0.5, 0.6) is 5.75 Å². The van der Waals surface area contributed by atoms with Crippen LogP contribution >= 0.6 is 0 Å². The molecule has 9 nitrogen and oxygen atoms in total. The number of anilines is 1. The van der Waals surface area contributed by atoms with Gasteiger partial charge >= 0.3 is 6.16 Å². The molecular formula is C18H19N5O4. The summed E-state index contributed by atoms with van der Waals surface area (Å²) in [4.78, 5) is 24.0. The number of hydroxylamine groups is 2. The molecule has 1 aliphatic rings. The molecule has 2 aromatic heterocycles. The lowest BCUT2D eigenvalue weighted by Gasteiger charge is -2.30. The summed E-state index contributed by atoms with van der Waals surface area (Å²) >= 11 is 0. The number of phenolic OH excluding ortho intramolecular Hbond substituents is 1. The van der Waals surface area contributed by atoms with E-state index in [4.69, 9.17) is 15.7 Å². The molecule has 1 fully saturated rings. The molecule has 27 heavy (non-hydrogen) atoms. The molecule has 0 saturated carbocycles. The molecular weight excluding hydrogens is 350 g/mol. The fourth-order valence-electron chi connectivity index (χ4n) is 3.57. The number of hydrogen-bond donors (Lipinski definition) is 3. The van der Waals surface area contributed by atoms with E-state index in [2.05, 4.69) is 14.5 Å². The molecule has 4 rings (SSSR count). The molecule has 4 N–H and O–H groups in total. The molecule has 9 heteroatoms. The minimum atomic E-state index is -1.30. The summed E-state index contributed by atoms with van der Waals surface area (Å²) in [6, 6.07) is 7.04. The second-order valence-electron chi connectivity index (χ2n) is 6.47. The third kappa shape index (κ3) is 3.24. The highest BCUT2D eigenvalue weighted by Crippen LogP contribution is 2.36. The van der Waals surface area contributed by atoms with E-state index in [1.54, 1.807) is 12.1 Å². The van der Waals surface area contributed by atoms with Gasteiger partial charge in [0.15, 0.2) is 0 Å². The topological polar surface area (TPSA) is 127 Å². The number of fused-ring (bicyclic) bond motifs is 1. The van der Waals surface area contributed by atoms with Crippen LogP contribution in [0.1, 0.15) is 18.9 Å². The fourth-order valence-corrected chi connectivity index (χ4v) is 3.57. The minimum Gasteiger partial charge on any atom is -0.508 e. The number of nitrogen functional groups attached to an aromatic ring is 1. The summed E-state index contributed by atoms with van der Waals surface area (Å²) in [5.74, 6) is 0.589. The number of phenols is 1. The summed E-state index contributed by atoms with van der Waals surface area (Å²) in [6.45, 7) is 1.01. The van der Waals surface area contributed by atoms with Crippen LogP contribution in [0.15, 0.2) is 36.8 Å². The minimum absolute atomic E-state index is 0.140. The van der Waals surface area contributed by atoms with Crippen molar-refractivity contribution in [1.82, 2.24) is 19.6 Å². The molecule has 0 radical (unpaired) electrons. The molecule has 0 atom stereocenters. The molecule has 0 aliphatic carbocycles. The molecule has 0 bridgehead atoms. The number of carbonyl (C=O) groups is 1. The van der Waals surface area contributed by atoms with Crippen LogP contribution < -0.4 is 5.73 Å². The first-order valence-electron chi connectivity index (χ1n) is 8.59. The number of hydrogen-bond acceptors (Lipinski definition) is 7. The summed E-state index contributed by atoms with van der Waals surface area (Å²) in [5, 5.41) is 20.5. The predicted octanol–water partition coefficient (Wildman–Crippen LogP) is 2.63. The van der Waals surface area contributed by atoms with E-state index < -0.39 is 6.16 Å². The van der Waals surface area contributed by atoms with E-state index in [-0.39, 0.29) is 11.8 Å². The predicted molar refractivity (Wildman–Crippen MR) is 98.0 cm³/mol. The number of piperidine rings is 1. The Bertz CT molecular complexity index is 977. The number of rotatable bonds is 3. The zero-order valence-electron chi connectivity index (χ0n) is 14.4. The van der Waals surface area contributed by atoms with Crippen molar-refractivity contribution in [3.63, 3.8) is 0 Å². The van der Waals surface area contributed by atoms with Gasteiger partial charge in [0, 0.05) is 30.9 Å². The SMILES string of the molecule is Nc1ncnc2c1c(-c1ccc(O)cc1)cn2C1CCN(OC(=O)O)CC1. The van der Waals surface area contributed by atoms with E-state index >= 15 is 0 Å². The maximum Gasteiger partial charge on any atom is 0.525 e. The van der Waals surface area contributed by atoms with Gasteiger partial charge in [0.25, 0.3) is 0 Å². The van der Waals surface area contributed by atoms with Crippen LogP contribution in [0.3, 0.4) is 0 Å². The van der Waals surface area contributed by atoms with Gasteiger partial charge in [0.05, 0.1) is 5.39 Å². The average molecular weight is 369 g/mol. The van der Waals surface area contributed by atoms with Gasteiger partial charge < -0.3 is 25.4 Å². The first-order valence-corrected chi connectivity index (χ1v) is 8.59.